The van der Waals surface area contributed by atoms with E-state index in [-0.39, 0.29) is 24.3 Å². The van der Waals surface area contributed by atoms with E-state index in [2.05, 4.69) is 221 Å². The maximum absolute atomic E-state index is 2.56. The summed E-state index contributed by atoms with van der Waals surface area (Å²) in [6, 6.07) is 65.0. The zero-order valence-electron chi connectivity index (χ0n) is 36.2. The number of benzene rings is 9. The lowest BCUT2D eigenvalue weighted by Crippen LogP contribution is -2.66. The van der Waals surface area contributed by atoms with E-state index in [0.717, 1.165) is 0 Å². The molecule has 4 aliphatic heterocycles. The number of fused-ring (bicyclic) bond motifs is 6. The fourth-order valence-corrected chi connectivity index (χ4v) is 11.8. The van der Waals surface area contributed by atoms with Gasteiger partial charge in [0.1, 0.15) is 0 Å². The molecule has 2 nitrogen and oxygen atoms in total. The summed E-state index contributed by atoms with van der Waals surface area (Å²) in [5, 5.41) is 5.50. The maximum Gasteiger partial charge on any atom is 0.248 e. The van der Waals surface area contributed by atoms with Crippen molar-refractivity contribution in [2.75, 3.05) is 9.80 Å². The zero-order valence-corrected chi connectivity index (χ0v) is 36.2. The molecule has 0 spiro atoms. The first kappa shape index (κ1) is 35.9. The van der Waals surface area contributed by atoms with Crippen LogP contribution in [-0.2, 0) is 10.8 Å². The number of nitrogens with zero attached hydrogens (tertiary/aromatic N) is 2. The molecule has 0 atom stereocenters. The second kappa shape index (κ2) is 12.4. The van der Waals surface area contributed by atoms with E-state index in [1.807, 2.05) is 0 Å². The minimum Gasteiger partial charge on any atom is -0.311 e. The minimum absolute atomic E-state index is 0.0116. The molecule has 0 aliphatic carbocycles. The summed E-state index contributed by atoms with van der Waals surface area (Å²) in [6.07, 6.45) is 0. The molecule has 0 N–H and O–H groups in total. The van der Waals surface area contributed by atoms with Crippen LogP contribution in [0.5, 0.6) is 0 Å². The molecule has 294 valence electrons. The molecule has 62 heavy (non-hydrogen) atoms. The van der Waals surface area contributed by atoms with Crippen molar-refractivity contribution >= 4 is 102 Å². The standard InChI is InChI=1S/C58H46B2N2/c1-57(2,3)36-31-35(32-37(33-36)58(4,5)6)50-40-23-17-27-44-51(40)53-52-41(50)24-18-28-45(52)60-43-26-14-16-30-47(43)62(39-21-11-8-12-22-39)49-34-48-55(54(53)56(49)60)59(44)42-25-13-15-29-46(42)61(48)38-19-9-7-10-20-38/h7-34H,1-6H3. The van der Waals surface area contributed by atoms with Crippen LogP contribution in [0.15, 0.2) is 170 Å². The highest BCUT2D eigenvalue weighted by Crippen LogP contribution is 2.52. The summed E-state index contributed by atoms with van der Waals surface area (Å²) in [5.41, 5.74) is 24.0. The van der Waals surface area contributed by atoms with Crippen molar-refractivity contribution in [3.05, 3.63) is 181 Å². The van der Waals surface area contributed by atoms with E-state index in [4.69, 9.17) is 0 Å². The lowest BCUT2D eigenvalue weighted by molar-refractivity contribution is 0.569. The third-order valence-electron chi connectivity index (χ3n) is 14.5. The molecule has 0 amide bonds. The highest BCUT2D eigenvalue weighted by atomic mass is 15.2. The van der Waals surface area contributed by atoms with Gasteiger partial charge in [-0.3, -0.25) is 0 Å². The summed E-state index contributed by atoms with van der Waals surface area (Å²) >= 11 is 0. The lowest BCUT2D eigenvalue weighted by atomic mass is 9.26. The Labute approximate surface area is 365 Å². The molecule has 0 saturated carbocycles. The number of rotatable bonds is 3. The summed E-state index contributed by atoms with van der Waals surface area (Å²) < 4.78 is 0. The Morgan fingerprint density at radius 1 is 0.355 bits per heavy atom. The van der Waals surface area contributed by atoms with Crippen LogP contribution >= 0.6 is 0 Å². The number of hydrogen-bond donors (Lipinski definition) is 0. The zero-order chi connectivity index (χ0) is 41.8. The third kappa shape index (κ3) is 4.73. The second-order valence-corrected chi connectivity index (χ2v) is 20.0. The van der Waals surface area contributed by atoms with Crippen LogP contribution in [0.4, 0.5) is 34.1 Å². The first-order chi connectivity index (χ1) is 30.1. The summed E-state index contributed by atoms with van der Waals surface area (Å²) in [7, 11) is 0. The second-order valence-electron chi connectivity index (χ2n) is 20.0. The van der Waals surface area contributed by atoms with Gasteiger partial charge >= 0.3 is 0 Å². The third-order valence-corrected chi connectivity index (χ3v) is 14.5. The lowest BCUT2D eigenvalue weighted by Gasteiger charge is -2.47. The molecule has 9 aromatic carbocycles. The quantitative estimate of drug-likeness (QED) is 0.130. The van der Waals surface area contributed by atoms with Crippen LogP contribution in [0, 0.1) is 0 Å². The van der Waals surface area contributed by atoms with Gasteiger partial charge in [0, 0.05) is 34.1 Å². The van der Waals surface area contributed by atoms with E-state index in [0.29, 0.717) is 0 Å². The predicted octanol–water partition coefficient (Wildman–Crippen LogP) is 11.1. The van der Waals surface area contributed by atoms with Crippen molar-refractivity contribution in [3.8, 4) is 22.3 Å². The Balaban J connectivity index is 1.26. The van der Waals surface area contributed by atoms with Crippen molar-refractivity contribution in [2.45, 2.75) is 52.4 Å². The Kier molecular flexibility index (Phi) is 7.20. The van der Waals surface area contributed by atoms with Crippen LogP contribution in [0.2, 0.25) is 0 Å². The molecular formula is C58H46B2N2. The fraction of sp³-hybridized carbons (Fsp3) is 0.138. The van der Waals surface area contributed by atoms with Gasteiger partial charge in [0.05, 0.1) is 0 Å². The molecule has 0 aromatic heterocycles. The number of hydrogen-bond acceptors (Lipinski definition) is 2. The highest BCUT2D eigenvalue weighted by Gasteiger charge is 2.49. The van der Waals surface area contributed by atoms with Crippen LogP contribution in [0.3, 0.4) is 0 Å². The minimum atomic E-state index is -0.0116. The van der Waals surface area contributed by atoms with Gasteiger partial charge in [0.15, 0.2) is 0 Å². The van der Waals surface area contributed by atoms with Gasteiger partial charge in [-0.25, -0.2) is 0 Å². The largest absolute Gasteiger partial charge is 0.311 e. The molecule has 9 aromatic rings. The van der Waals surface area contributed by atoms with E-state index >= 15 is 0 Å². The Hall–Kier alpha value is -6.77. The first-order valence-electron chi connectivity index (χ1n) is 22.3. The van der Waals surface area contributed by atoms with E-state index in [1.165, 1.54) is 122 Å². The van der Waals surface area contributed by atoms with Crippen molar-refractivity contribution < 1.29 is 0 Å². The van der Waals surface area contributed by atoms with Gasteiger partial charge in [0.25, 0.3) is 0 Å². The van der Waals surface area contributed by atoms with Crippen molar-refractivity contribution in [1.82, 2.24) is 0 Å². The van der Waals surface area contributed by atoms with Crippen LogP contribution in [0.1, 0.15) is 52.7 Å². The molecule has 4 aliphatic rings. The topological polar surface area (TPSA) is 6.48 Å². The molecule has 4 heterocycles. The van der Waals surface area contributed by atoms with E-state index in [9.17, 15) is 0 Å². The molecule has 0 bridgehead atoms. The van der Waals surface area contributed by atoms with E-state index in [1.54, 1.807) is 0 Å². The maximum atomic E-state index is 2.56. The van der Waals surface area contributed by atoms with Crippen molar-refractivity contribution in [1.29, 1.82) is 0 Å². The molecule has 0 radical (unpaired) electrons. The van der Waals surface area contributed by atoms with Crippen LogP contribution in [0.25, 0.3) is 43.8 Å². The molecule has 13 rings (SSSR count). The molecule has 4 heteroatoms. The van der Waals surface area contributed by atoms with E-state index < -0.39 is 0 Å². The molecule has 0 fully saturated rings. The van der Waals surface area contributed by atoms with Crippen LogP contribution in [-0.4, -0.2) is 13.4 Å². The van der Waals surface area contributed by atoms with Crippen molar-refractivity contribution in [2.24, 2.45) is 0 Å². The Morgan fingerprint density at radius 2 is 0.774 bits per heavy atom. The number of anilines is 6. The van der Waals surface area contributed by atoms with Gasteiger partial charge in [0.2, 0.25) is 13.4 Å². The monoisotopic (exact) mass is 792 g/mol. The van der Waals surface area contributed by atoms with Crippen LogP contribution < -0.4 is 42.6 Å². The van der Waals surface area contributed by atoms with Crippen molar-refractivity contribution in [3.63, 3.8) is 0 Å². The van der Waals surface area contributed by atoms with Gasteiger partial charge in [-0.15, -0.1) is 0 Å². The summed E-state index contributed by atoms with van der Waals surface area (Å²) in [5.74, 6) is 0. The Bertz CT molecular complexity index is 3180. The van der Waals surface area contributed by atoms with Gasteiger partial charge in [-0.2, -0.15) is 0 Å². The average Bonchev–Trinajstić information content (AvgIpc) is 3.28. The smallest absolute Gasteiger partial charge is 0.248 e. The highest BCUT2D eigenvalue weighted by molar-refractivity contribution is 7.05. The average molecular weight is 793 g/mol. The molecule has 0 unspecified atom stereocenters. The predicted molar refractivity (Wildman–Crippen MR) is 268 cm³/mol. The fourth-order valence-electron chi connectivity index (χ4n) is 11.8. The SMILES string of the molecule is CC(C)(C)c1cc(-c2c3cccc4c3c3c5c(cccc25)B2c5ccccc5N(c5ccccc5)c5cc6c(c-3c52)B4c2ccccc2N6c2ccccc2)cc(C(C)(C)C)c1. The van der Waals surface area contributed by atoms with Gasteiger partial charge < -0.3 is 9.80 Å². The Morgan fingerprint density at radius 3 is 1.23 bits per heavy atom. The normalized spacial score (nSPS) is 14.2. The number of para-hydroxylation sites is 4. The van der Waals surface area contributed by atoms with Gasteiger partial charge in [-0.05, 0) is 130 Å². The first-order valence-corrected chi connectivity index (χ1v) is 22.3. The summed E-state index contributed by atoms with van der Waals surface area (Å²) in [4.78, 5) is 5.11. The van der Waals surface area contributed by atoms with Gasteiger partial charge in [-0.1, -0.05) is 180 Å². The molecule has 0 saturated heterocycles. The molecular weight excluding hydrogens is 746 g/mol. The summed E-state index contributed by atoms with van der Waals surface area (Å²) in [6.45, 7) is 14.3.